The lowest BCUT2D eigenvalue weighted by atomic mass is 10.4. The van der Waals surface area contributed by atoms with Crippen molar-refractivity contribution < 1.29 is 4.79 Å². The molecule has 0 spiro atoms. The molecule has 0 fully saturated rings. The molecule has 9 heteroatoms. The Kier molecular flexibility index (Phi) is 6.03. The van der Waals surface area contributed by atoms with Gasteiger partial charge in [0.15, 0.2) is 5.96 Å². The highest BCUT2D eigenvalue weighted by atomic mass is 32.2. The average molecular weight is 341 g/mol. The highest BCUT2D eigenvalue weighted by Gasteiger charge is 2.05. The molecule has 1 amide bonds. The summed E-state index contributed by atoms with van der Waals surface area (Å²) in [5.41, 5.74) is 11.5. The van der Waals surface area contributed by atoms with Crippen LogP contribution in [0, 0.1) is 0 Å². The second-order valence-electron chi connectivity index (χ2n) is 3.94. The minimum Gasteiger partial charge on any atom is -0.370 e. The van der Waals surface area contributed by atoms with Crippen LogP contribution >= 0.6 is 34.4 Å². The van der Waals surface area contributed by atoms with E-state index in [1.165, 1.54) is 22.7 Å². The van der Waals surface area contributed by atoms with E-state index < -0.39 is 0 Å². The molecule has 2 aromatic heterocycles. The Hall–Kier alpha value is -1.58. The van der Waals surface area contributed by atoms with Crippen molar-refractivity contribution >= 4 is 51.4 Å². The highest BCUT2D eigenvalue weighted by molar-refractivity contribution is 7.98. The van der Waals surface area contributed by atoms with Crippen molar-refractivity contribution in [3.8, 4) is 0 Å². The molecular formula is C12H15N5OS3. The third-order valence-electron chi connectivity index (χ3n) is 2.29. The number of nitrogens with two attached hydrogens (primary N) is 2. The van der Waals surface area contributed by atoms with E-state index in [1.54, 1.807) is 11.8 Å². The fourth-order valence-corrected chi connectivity index (χ4v) is 3.63. The van der Waals surface area contributed by atoms with Gasteiger partial charge in [-0.3, -0.25) is 4.79 Å². The maximum atomic E-state index is 11.7. The van der Waals surface area contributed by atoms with Crippen LogP contribution < -0.4 is 16.8 Å². The Morgan fingerprint density at radius 2 is 2.29 bits per heavy atom. The number of nitrogens with zero attached hydrogens (tertiary/aromatic N) is 2. The fourth-order valence-electron chi connectivity index (χ4n) is 1.43. The number of thioether (sulfide) groups is 1. The number of thiazole rings is 1. The number of guanidine groups is 1. The van der Waals surface area contributed by atoms with Gasteiger partial charge in [-0.25, -0.2) is 4.98 Å². The molecule has 2 aromatic rings. The van der Waals surface area contributed by atoms with Gasteiger partial charge in [-0.15, -0.1) is 22.7 Å². The van der Waals surface area contributed by atoms with Gasteiger partial charge in [-0.05, 0) is 11.4 Å². The predicted octanol–water partition coefficient (Wildman–Crippen LogP) is 1.77. The summed E-state index contributed by atoms with van der Waals surface area (Å²) in [6.07, 6.45) is 0. The predicted molar refractivity (Wildman–Crippen MR) is 90.4 cm³/mol. The zero-order chi connectivity index (χ0) is 15.1. The maximum absolute atomic E-state index is 11.7. The lowest BCUT2D eigenvalue weighted by Gasteiger charge is -2.02. The number of aliphatic imine (C=N–C) groups is 1. The summed E-state index contributed by atoms with van der Waals surface area (Å²) in [5, 5.41) is 7.27. The van der Waals surface area contributed by atoms with E-state index in [1.807, 2.05) is 22.9 Å². The molecule has 0 aliphatic heterocycles. The maximum Gasteiger partial charge on any atom is 0.261 e. The molecule has 0 aromatic carbocycles. The molecule has 0 aliphatic rings. The van der Waals surface area contributed by atoms with Crippen LogP contribution in [0.5, 0.6) is 0 Å². The van der Waals surface area contributed by atoms with Crippen molar-refractivity contribution in [3.05, 3.63) is 33.5 Å². The second kappa shape index (κ2) is 8.01. The molecule has 5 N–H and O–H groups in total. The van der Waals surface area contributed by atoms with Crippen molar-refractivity contribution in [1.82, 2.24) is 10.3 Å². The molecule has 2 rings (SSSR count). The highest BCUT2D eigenvalue weighted by Crippen LogP contribution is 2.21. The molecule has 0 unspecified atom stereocenters. The standard InChI is InChI=1S/C12H15N5OS3/c13-11(14)17-12-16-8(7-21-12)6-19-5-3-15-10(18)9-2-1-4-20-9/h1-2,4,7H,3,5-6H2,(H,15,18)(H4,13,14,16,17). The summed E-state index contributed by atoms with van der Waals surface area (Å²) < 4.78 is 0. The third kappa shape index (κ3) is 5.37. The molecule has 0 saturated heterocycles. The lowest BCUT2D eigenvalue weighted by molar-refractivity contribution is 0.0960. The fraction of sp³-hybridized carbons (Fsp3) is 0.250. The summed E-state index contributed by atoms with van der Waals surface area (Å²) in [6.45, 7) is 0.631. The molecule has 0 bridgehead atoms. The molecule has 0 saturated carbocycles. The van der Waals surface area contributed by atoms with E-state index in [9.17, 15) is 4.79 Å². The second-order valence-corrected chi connectivity index (χ2v) is 6.83. The Morgan fingerprint density at radius 3 is 3.00 bits per heavy atom. The quantitative estimate of drug-likeness (QED) is 0.404. The van der Waals surface area contributed by atoms with Crippen molar-refractivity contribution in [1.29, 1.82) is 0 Å². The van der Waals surface area contributed by atoms with Gasteiger partial charge < -0.3 is 16.8 Å². The molecule has 0 atom stereocenters. The van der Waals surface area contributed by atoms with Gasteiger partial charge in [0.1, 0.15) is 0 Å². The van der Waals surface area contributed by atoms with E-state index in [2.05, 4.69) is 15.3 Å². The van der Waals surface area contributed by atoms with E-state index in [0.29, 0.717) is 11.7 Å². The lowest BCUT2D eigenvalue weighted by Crippen LogP contribution is -2.24. The number of aromatic nitrogens is 1. The van der Waals surface area contributed by atoms with Crippen LogP contribution in [0.4, 0.5) is 5.13 Å². The van der Waals surface area contributed by atoms with E-state index in [4.69, 9.17) is 11.5 Å². The van der Waals surface area contributed by atoms with Crippen LogP contribution in [0.3, 0.4) is 0 Å². The Balaban J connectivity index is 1.65. The molecule has 0 radical (unpaired) electrons. The molecule has 6 nitrogen and oxygen atoms in total. The summed E-state index contributed by atoms with van der Waals surface area (Å²) in [7, 11) is 0. The van der Waals surface area contributed by atoms with Crippen LogP contribution in [0.1, 0.15) is 15.4 Å². The average Bonchev–Trinajstić information content (AvgIpc) is 3.09. The van der Waals surface area contributed by atoms with Crippen molar-refractivity contribution in [2.24, 2.45) is 16.5 Å². The third-order valence-corrected chi connectivity index (χ3v) is 4.94. The molecular weight excluding hydrogens is 326 g/mol. The van der Waals surface area contributed by atoms with Crippen LogP contribution in [-0.4, -0.2) is 29.1 Å². The van der Waals surface area contributed by atoms with Gasteiger partial charge in [0, 0.05) is 23.4 Å². The van der Waals surface area contributed by atoms with Crippen molar-refractivity contribution in [2.45, 2.75) is 5.75 Å². The van der Waals surface area contributed by atoms with Crippen LogP contribution in [0.25, 0.3) is 0 Å². The number of thiophene rings is 1. The number of carbonyl (C=O) groups is 1. The summed E-state index contributed by atoms with van der Waals surface area (Å²) in [5.74, 6) is 1.59. The minimum atomic E-state index is -0.0192. The van der Waals surface area contributed by atoms with E-state index >= 15 is 0 Å². The number of hydrogen-bond acceptors (Lipinski definition) is 6. The van der Waals surface area contributed by atoms with Gasteiger partial charge in [0.25, 0.3) is 5.91 Å². The summed E-state index contributed by atoms with van der Waals surface area (Å²) in [6, 6.07) is 3.68. The first kappa shape index (κ1) is 15.8. The molecule has 21 heavy (non-hydrogen) atoms. The normalized spacial score (nSPS) is 10.3. The number of rotatable bonds is 7. The molecule has 0 aliphatic carbocycles. The number of hydrogen-bond donors (Lipinski definition) is 3. The first-order chi connectivity index (χ1) is 10.1. The first-order valence-corrected chi connectivity index (χ1v) is 9.00. The SMILES string of the molecule is NC(N)=Nc1nc(CSCCNC(=O)c2cccs2)cs1. The van der Waals surface area contributed by atoms with Crippen LogP contribution in [0.2, 0.25) is 0 Å². The van der Waals surface area contributed by atoms with Crippen LogP contribution in [0.15, 0.2) is 27.9 Å². The van der Waals surface area contributed by atoms with E-state index in [-0.39, 0.29) is 11.9 Å². The summed E-state index contributed by atoms with van der Waals surface area (Å²) in [4.78, 5) is 20.6. The monoisotopic (exact) mass is 341 g/mol. The summed E-state index contributed by atoms with van der Waals surface area (Å²) >= 11 is 4.54. The Morgan fingerprint density at radius 1 is 1.43 bits per heavy atom. The van der Waals surface area contributed by atoms with Crippen molar-refractivity contribution in [2.75, 3.05) is 12.3 Å². The van der Waals surface area contributed by atoms with Gasteiger partial charge in [0.2, 0.25) is 5.13 Å². The zero-order valence-electron chi connectivity index (χ0n) is 11.1. The minimum absolute atomic E-state index is 0.0137. The first-order valence-electron chi connectivity index (χ1n) is 6.08. The largest absolute Gasteiger partial charge is 0.370 e. The van der Waals surface area contributed by atoms with E-state index in [0.717, 1.165) is 22.1 Å². The van der Waals surface area contributed by atoms with Gasteiger partial charge >= 0.3 is 0 Å². The number of carbonyl (C=O) groups excluding carboxylic acids is 1. The number of amides is 1. The van der Waals surface area contributed by atoms with Gasteiger partial charge in [-0.1, -0.05) is 6.07 Å². The Bertz CT molecular complexity index is 604. The number of nitrogens with one attached hydrogen (secondary N) is 1. The van der Waals surface area contributed by atoms with Gasteiger partial charge in [-0.2, -0.15) is 16.8 Å². The molecule has 2 heterocycles. The van der Waals surface area contributed by atoms with Gasteiger partial charge in [0.05, 0.1) is 10.6 Å². The topological polar surface area (TPSA) is 106 Å². The molecule has 112 valence electrons. The Labute approximate surface area is 134 Å². The van der Waals surface area contributed by atoms with Crippen LogP contribution in [-0.2, 0) is 5.75 Å². The smallest absolute Gasteiger partial charge is 0.261 e. The zero-order valence-corrected chi connectivity index (χ0v) is 13.6. The van der Waals surface area contributed by atoms with Crippen molar-refractivity contribution in [3.63, 3.8) is 0 Å².